The summed E-state index contributed by atoms with van der Waals surface area (Å²) in [6.07, 6.45) is 3.54. The molecule has 2 unspecified atom stereocenters. The van der Waals surface area contributed by atoms with Crippen LogP contribution in [0.25, 0.3) is 0 Å². The Morgan fingerprint density at radius 3 is 2.83 bits per heavy atom. The third-order valence-corrected chi connectivity index (χ3v) is 3.55. The fraction of sp³-hybridized carbons (Fsp3) is 0.923. The van der Waals surface area contributed by atoms with Gasteiger partial charge in [0.15, 0.2) is 0 Å². The van der Waals surface area contributed by atoms with Crippen LogP contribution in [0.4, 0.5) is 0 Å². The summed E-state index contributed by atoms with van der Waals surface area (Å²) in [5, 5.41) is 3.11. The molecule has 1 rings (SSSR count). The molecule has 5 nitrogen and oxygen atoms in total. The Morgan fingerprint density at radius 2 is 2.22 bits per heavy atom. The highest BCUT2D eigenvalue weighted by Crippen LogP contribution is 2.31. The minimum atomic E-state index is -0.580. The molecule has 0 heterocycles. The largest absolute Gasteiger partial charge is 0.468 e. The number of methoxy groups -OCH3 is 1. The first-order valence-electron chi connectivity index (χ1n) is 6.65. The zero-order valence-electron chi connectivity index (χ0n) is 11.7. The molecule has 5 heteroatoms. The molecule has 106 valence electrons. The fourth-order valence-corrected chi connectivity index (χ4v) is 2.49. The van der Waals surface area contributed by atoms with E-state index in [1.807, 2.05) is 6.92 Å². The molecule has 0 aromatic rings. The summed E-state index contributed by atoms with van der Waals surface area (Å²) >= 11 is 0. The average molecular weight is 259 g/mol. The van der Waals surface area contributed by atoms with E-state index in [1.165, 1.54) is 7.11 Å². The predicted molar refractivity (Wildman–Crippen MR) is 68.5 cm³/mol. The highest BCUT2D eigenvalue weighted by atomic mass is 16.5. The van der Waals surface area contributed by atoms with Crippen LogP contribution in [-0.4, -0.2) is 51.6 Å². The molecule has 0 aromatic heterocycles. The first-order valence-corrected chi connectivity index (χ1v) is 6.65. The lowest BCUT2D eigenvalue weighted by molar-refractivity contribution is -0.152. The Balaban J connectivity index is 2.45. The van der Waals surface area contributed by atoms with E-state index >= 15 is 0 Å². The van der Waals surface area contributed by atoms with Crippen molar-refractivity contribution in [2.45, 2.75) is 44.2 Å². The van der Waals surface area contributed by atoms with E-state index in [9.17, 15) is 4.79 Å². The molecule has 1 saturated carbocycles. The van der Waals surface area contributed by atoms with E-state index in [0.717, 1.165) is 19.3 Å². The summed E-state index contributed by atoms with van der Waals surface area (Å²) in [6, 6.07) is 0. The van der Waals surface area contributed by atoms with Crippen LogP contribution in [0.5, 0.6) is 0 Å². The van der Waals surface area contributed by atoms with Gasteiger partial charge in [0.1, 0.15) is 5.54 Å². The van der Waals surface area contributed by atoms with Crippen LogP contribution in [-0.2, 0) is 19.0 Å². The minimum Gasteiger partial charge on any atom is -0.468 e. The summed E-state index contributed by atoms with van der Waals surface area (Å²) in [7, 11) is 3.24. The number of rotatable bonds is 7. The minimum absolute atomic E-state index is 0.103. The van der Waals surface area contributed by atoms with Crippen molar-refractivity contribution >= 4 is 5.97 Å². The van der Waals surface area contributed by atoms with Gasteiger partial charge in [-0.1, -0.05) is 0 Å². The van der Waals surface area contributed by atoms with Gasteiger partial charge >= 0.3 is 5.97 Å². The lowest BCUT2D eigenvalue weighted by Crippen LogP contribution is -2.55. The van der Waals surface area contributed by atoms with Crippen LogP contribution in [0, 0.1) is 0 Å². The summed E-state index contributed by atoms with van der Waals surface area (Å²) in [5.74, 6) is -0.192. The van der Waals surface area contributed by atoms with Crippen molar-refractivity contribution in [2.24, 2.45) is 0 Å². The summed E-state index contributed by atoms with van der Waals surface area (Å²) < 4.78 is 15.9. The number of carbonyl (C=O) groups is 1. The number of hydrogen-bond donors (Lipinski definition) is 1. The maximum absolute atomic E-state index is 11.9. The van der Waals surface area contributed by atoms with Gasteiger partial charge in [0.05, 0.1) is 26.4 Å². The molecule has 1 N–H and O–H groups in total. The van der Waals surface area contributed by atoms with Crippen LogP contribution < -0.4 is 5.32 Å². The molecule has 1 fully saturated rings. The van der Waals surface area contributed by atoms with E-state index in [4.69, 9.17) is 14.2 Å². The number of carbonyl (C=O) groups excluding carboxylic acids is 1. The third-order valence-electron chi connectivity index (χ3n) is 3.55. The maximum atomic E-state index is 11.9. The summed E-state index contributed by atoms with van der Waals surface area (Å²) in [4.78, 5) is 11.9. The van der Waals surface area contributed by atoms with Crippen LogP contribution >= 0.6 is 0 Å². The van der Waals surface area contributed by atoms with Gasteiger partial charge in [0, 0.05) is 13.0 Å². The number of esters is 1. The zero-order valence-corrected chi connectivity index (χ0v) is 11.7. The lowest BCUT2D eigenvalue weighted by Gasteiger charge is -2.38. The van der Waals surface area contributed by atoms with Gasteiger partial charge in [-0.2, -0.15) is 0 Å². The second-order valence-corrected chi connectivity index (χ2v) is 4.61. The number of likely N-dealkylation sites (N-methyl/N-ethyl adjacent to an activating group) is 1. The standard InChI is InChI=1S/C13H25NO4/c1-4-17-8-9-18-11-6-5-7-13(10-11,14-2)12(15)16-3/h11,14H,4-10H2,1-3H3. The molecular formula is C13H25NO4. The molecule has 1 aliphatic rings. The lowest BCUT2D eigenvalue weighted by atomic mass is 9.80. The smallest absolute Gasteiger partial charge is 0.326 e. The molecule has 0 saturated heterocycles. The van der Waals surface area contributed by atoms with Gasteiger partial charge in [0.25, 0.3) is 0 Å². The average Bonchev–Trinajstić information content (AvgIpc) is 2.43. The fourth-order valence-electron chi connectivity index (χ4n) is 2.49. The van der Waals surface area contributed by atoms with Gasteiger partial charge in [-0.05, 0) is 33.2 Å². The highest BCUT2D eigenvalue weighted by molar-refractivity contribution is 5.80. The second-order valence-electron chi connectivity index (χ2n) is 4.61. The molecular weight excluding hydrogens is 234 g/mol. The monoisotopic (exact) mass is 259 g/mol. The molecule has 0 bridgehead atoms. The summed E-state index contributed by atoms with van der Waals surface area (Å²) in [6.45, 7) is 3.86. The topological polar surface area (TPSA) is 56.8 Å². The molecule has 0 aliphatic heterocycles. The molecule has 0 amide bonds. The Kier molecular flexibility index (Phi) is 6.60. The van der Waals surface area contributed by atoms with Crippen molar-refractivity contribution in [2.75, 3.05) is 34.0 Å². The Bertz CT molecular complexity index is 259. The van der Waals surface area contributed by atoms with Crippen LogP contribution in [0.15, 0.2) is 0 Å². The van der Waals surface area contributed by atoms with Crippen molar-refractivity contribution in [1.82, 2.24) is 5.32 Å². The Labute approximate surface area is 109 Å². The van der Waals surface area contributed by atoms with Crippen molar-refractivity contribution < 1.29 is 19.0 Å². The Morgan fingerprint density at radius 1 is 1.44 bits per heavy atom. The van der Waals surface area contributed by atoms with Gasteiger partial charge in [0.2, 0.25) is 0 Å². The first-order chi connectivity index (χ1) is 8.68. The molecule has 1 aliphatic carbocycles. The molecule has 0 radical (unpaired) electrons. The van der Waals surface area contributed by atoms with Crippen molar-refractivity contribution in [3.63, 3.8) is 0 Å². The SMILES string of the molecule is CCOCCOC1CCCC(NC)(C(=O)OC)C1. The normalized spacial score (nSPS) is 28.1. The van der Waals surface area contributed by atoms with E-state index in [-0.39, 0.29) is 12.1 Å². The van der Waals surface area contributed by atoms with Crippen LogP contribution in [0.2, 0.25) is 0 Å². The van der Waals surface area contributed by atoms with Crippen molar-refractivity contribution in [3.05, 3.63) is 0 Å². The number of ether oxygens (including phenoxy) is 3. The van der Waals surface area contributed by atoms with Gasteiger partial charge in [-0.15, -0.1) is 0 Å². The van der Waals surface area contributed by atoms with Gasteiger partial charge in [-0.25, -0.2) is 0 Å². The summed E-state index contributed by atoms with van der Waals surface area (Å²) in [5.41, 5.74) is -0.580. The second kappa shape index (κ2) is 7.71. The number of hydrogen-bond acceptors (Lipinski definition) is 5. The molecule has 0 aromatic carbocycles. The molecule has 18 heavy (non-hydrogen) atoms. The van der Waals surface area contributed by atoms with Crippen LogP contribution in [0.3, 0.4) is 0 Å². The third kappa shape index (κ3) is 3.93. The van der Waals surface area contributed by atoms with Crippen molar-refractivity contribution in [3.8, 4) is 0 Å². The molecule has 2 atom stereocenters. The Hall–Kier alpha value is -0.650. The first kappa shape index (κ1) is 15.4. The van der Waals surface area contributed by atoms with E-state index in [0.29, 0.717) is 26.2 Å². The quantitative estimate of drug-likeness (QED) is 0.548. The van der Waals surface area contributed by atoms with E-state index in [2.05, 4.69) is 5.32 Å². The van der Waals surface area contributed by atoms with Crippen molar-refractivity contribution in [1.29, 1.82) is 0 Å². The van der Waals surface area contributed by atoms with E-state index in [1.54, 1.807) is 7.05 Å². The van der Waals surface area contributed by atoms with Gasteiger partial charge < -0.3 is 19.5 Å². The predicted octanol–water partition coefficient (Wildman–Crippen LogP) is 1.11. The highest BCUT2D eigenvalue weighted by Gasteiger charge is 2.42. The molecule has 0 spiro atoms. The van der Waals surface area contributed by atoms with Gasteiger partial charge in [-0.3, -0.25) is 4.79 Å². The number of nitrogens with one attached hydrogen (secondary N) is 1. The van der Waals surface area contributed by atoms with Crippen LogP contribution in [0.1, 0.15) is 32.6 Å². The zero-order chi connectivity index (χ0) is 13.4. The maximum Gasteiger partial charge on any atom is 0.326 e. The van der Waals surface area contributed by atoms with E-state index < -0.39 is 5.54 Å².